The van der Waals surface area contributed by atoms with Crippen LogP contribution in [-0.2, 0) is 19.0 Å². The van der Waals surface area contributed by atoms with E-state index in [4.69, 9.17) is 0 Å². The third kappa shape index (κ3) is 4.66. The van der Waals surface area contributed by atoms with Crippen LogP contribution in [-0.4, -0.2) is 24.8 Å². The highest BCUT2D eigenvalue weighted by Gasteiger charge is 2.40. The molecule has 1 aliphatic carbocycles. The van der Waals surface area contributed by atoms with Gasteiger partial charge in [-0.2, -0.15) is 13.2 Å². The Labute approximate surface area is 162 Å². The third-order valence-corrected chi connectivity index (χ3v) is 6.50. The number of anilines is 1. The van der Waals surface area contributed by atoms with E-state index < -0.39 is 17.3 Å². The molecule has 148 valence electrons. The Morgan fingerprint density at radius 2 is 2.00 bits per heavy atom. The van der Waals surface area contributed by atoms with Gasteiger partial charge in [0, 0.05) is 25.4 Å². The predicted molar refractivity (Wildman–Crippen MR) is 104 cm³/mol. The van der Waals surface area contributed by atoms with Gasteiger partial charge in [-0.3, -0.25) is 0 Å². The molecule has 3 rings (SSSR count). The zero-order valence-electron chi connectivity index (χ0n) is 15.7. The molecule has 2 nitrogen and oxygen atoms in total. The molecule has 1 fully saturated rings. The molecule has 0 radical (unpaired) electrons. The molecule has 2 unspecified atom stereocenters. The number of halogens is 3. The van der Waals surface area contributed by atoms with E-state index in [2.05, 4.69) is 16.3 Å². The molecule has 0 saturated heterocycles. The van der Waals surface area contributed by atoms with Gasteiger partial charge in [-0.1, -0.05) is 31.0 Å². The van der Waals surface area contributed by atoms with Crippen molar-refractivity contribution in [2.45, 2.75) is 50.3 Å². The van der Waals surface area contributed by atoms with Gasteiger partial charge in [-0.15, -0.1) is 11.3 Å². The van der Waals surface area contributed by atoms with E-state index in [1.54, 1.807) is 17.4 Å². The van der Waals surface area contributed by atoms with E-state index in [9.17, 15) is 18.3 Å². The molecule has 2 atom stereocenters. The smallest absolute Gasteiger partial charge is 0.389 e. The monoisotopic (exact) mass is 397 g/mol. The molecule has 1 aromatic heterocycles. The molecule has 0 aliphatic heterocycles. The van der Waals surface area contributed by atoms with Gasteiger partial charge in [-0.25, -0.2) is 0 Å². The molecule has 2 aromatic rings. The molecule has 1 saturated carbocycles. The minimum absolute atomic E-state index is 0.0538. The maximum absolute atomic E-state index is 13.0. The summed E-state index contributed by atoms with van der Waals surface area (Å²) in [7, 11) is 4.00. The lowest BCUT2D eigenvalue weighted by Crippen LogP contribution is -2.43. The molecule has 0 amide bonds. The van der Waals surface area contributed by atoms with E-state index in [1.807, 2.05) is 14.1 Å². The van der Waals surface area contributed by atoms with E-state index in [0.717, 1.165) is 37.4 Å². The van der Waals surface area contributed by atoms with Gasteiger partial charge in [0.05, 0.1) is 16.9 Å². The summed E-state index contributed by atoms with van der Waals surface area (Å²) in [6.07, 6.45) is 0.180. The first-order valence-corrected chi connectivity index (χ1v) is 10.2. The molecule has 27 heavy (non-hydrogen) atoms. The summed E-state index contributed by atoms with van der Waals surface area (Å²) >= 11 is 1.68. The first-order valence-electron chi connectivity index (χ1n) is 9.31. The number of thiophene rings is 1. The maximum atomic E-state index is 13.0. The third-order valence-electron chi connectivity index (χ3n) is 5.57. The van der Waals surface area contributed by atoms with Crippen LogP contribution in [0.1, 0.15) is 41.7 Å². The minimum Gasteiger partial charge on any atom is -0.389 e. The highest BCUT2D eigenvalue weighted by Crippen LogP contribution is 2.41. The SMILES string of the molecule is CN(C)c1ccsc1CC1CCCCC1(O)Cc1cccc(C(F)(F)F)c1. The van der Waals surface area contributed by atoms with Gasteiger partial charge >= 0.3 is 6.18 Å². The van der Waals surface area contributed by atoms with Gasteiger partial charge in [-0.05, 0) is 48.3 Å². The fourth-order valence-electron chi connectivity index (χ4n) is 4.14. The van der Waals surface area contributed by atoms with Crippen molar-refractivity contribution in [3.05, 3.63) is 51.7 Å². The molecule has 0 bridgehead atoms. The van der Waals surface area contributed by atoms with Crippen molar-refractivity contribution in [2.75, 3.05) is 19.0 Å². The van der Waals surface area contributed by atoms with Crippen LogP contribution in [0.3, 0.4) is 0 Å². The summed E-state index contributed by atoms with van der Waals surface area (Å²) in [6, 6.07) is 7.47. The van der Waals surface area contributed by atoms with Crippen LogP contribution in [0.4, 0.5) is 18.9 Å². The zero-order valence-corrected chi connectivity index (χ0v) is 16.5. The Hall–Kier alpha value is -1.53. The average molecular weight is 398 g/mol. The van der Waals surface area contributed by atoms with Crippen molar-refractivity contribution < 1.29 is 18.3 Å². The van der Waals surface area contributed by atoms with Gasteiger partial charge in [0.2, 0.25) is 0 Å². The Balaban J connectivity index is 1.82. The molecule has 1 aromatic carbocycles. The lowest BCUT2D eigenvalue weighted by Gasteiger charge is -2.40. The highest BCUT2D eigenvalue weighted by molar-refractivity contribution is 7.10. The second-order valence-electron chi connectivity index (χ2n) is 7.75. The number of alkyl halides is 3. The largest absolute Gasteiger partial charge is 0.416 e. The summed E-state index contributed by atoms with van der Waals surface area (Å²) in [5.74, 6) is 0.0538. The average Bonchev–Trinajstić information content (AvgIpc) is 3.05. The number of nitrogens with zero attached hydrogens (tertiary/aromatic N) is 1. The van der Waals surface area contributed by atoms with Crippen LogP contribution in [0.2, 0.25) is 0 Å². The number of hydrogen-bond donors (Lipinski definition) is 1. The van der Waals surface area contributed by atoms with Gasteiger partial charge < -0.3 is 10.0 Å². The number of hydrogen-bond acceptors (Lipinski definition) is 3. The van der Waals surface area contributed by atoms with Crippen molar-refractivity contribution in [2.24, 2.45) is 5.92 Å². The quantitative estimate of drug-likeness (QED) is 0.716. The van der Waals surface area contributed by atoms with Crippen molar-refractivity contribution >= 4 is 17.0 Å². The Kier molecular flexibility index (Phi) is 5.87. The molecule has 1 N–H and O–H groups in total. The Morgan fingerprint density at radius 1 is 1.22 bits per heavy atom. The standard InChI is InChI=1S/C21H26F3NOS/c1-25(2)18-9-11-27-19(18)13-16-7-3-4-10-20(16,26)14-15-6-5-8-17(12-15)21(22,23)24/h5-6,8-9,11-12,16,26H,3-4,7,10,13-14H2,1-2H3. The number of benzene rings is 1. The second kappa shape index (κ2) is 7.84. The van der Waals surface area contributed by atoms with Crippen molar-refractivity contribution in [3.8, 4) is 0 Å². The number of aliphatic hydroxyl groups is 1. The van der Waals surface area contributed by atoms with Gasteiger partial charge in [0.1, 0.15) is 0 Å². The van der Waals surface area contributed by atoms with E-state index in [1.165, 1.54) is 17.0 Å². The zero-order chi connectivity index (χ0) is 19.7. The lowest BCUT2D eigenvalue weighted by atomic mass is 9.70. The maximum Gasteiger partial charge on any atom is 0.416 e. The van der Waals surface area contributed by atoms with E-state index >= 15 is 0 Å². The Bertz CT molecular complexity index is 771. The summed E-state index contributed by atoms with van der Waals surface area (Å²) in [4.78, 5) is 3.30. The molecular weight excluding hydrogens is 371 g/mol. The molecule has 0 spiro atoms. The van der Waals surface area contributed by atoms with Crippen LogP contribution in [0.5, 0.6) is 0 Å². The van der Waals surface area contributed by atoms with Crippen LogP contribution in [0.15, 0.2) is 35.7 Å². The van der Waals surface area contributed by atoms with Crippen LogP contribution >= 0.6 is 11.3 Å². The van der Waals surface area contributed by atoms with Crippen molar-refractivity contribution in [3.63, 3.8) is 0 Å². The first kappa shape index (κ1) is 20.2. The first-order chi connectivity index (χ1) is 12.7. The van der Waals surface area contributed by atoms with E-state index in [0.29, 0.717) is 12.0 Å². The molecule has 1 heterocycles. The summed E-state index contributed by atoms with van der Waals surface area (Å²) in [5.41, 5.74) is 0.102. The minimum atomic E-state index is -4.36. The predicted octanol–water partition coefficient (Wildman–Crippen LogP) is 5.54. The van der Waals surface area contributed by atoms with E-state index in [-0.39, 0.29) is 12.3 Å². The molecule has 1 aliphatic rings. The summed E-state index contributed by atoms with van der Waals surface area (Å²) < 4.78 is 39.1. The van der Waals surface area contributed by atoms with Crippen LogP contribution in [0.25, 0.3) is 0 Å². The van der Waals surface area contributed by atoms with Crippen LogP contribution < -0.4 is 4.90 Å². The summed E-state index contributed by atoms with van der Waals surface area (Å²) in [5, 5.41) is 13.5. The topological polar surface area (TPSA) is 23.5 Å². The highest BCUT2D eigenvalue weighted by atomic mass is 32.1. The fraction of sp³-hybridized carbons (Fsp3) is 0.524. The summed E-state index contributed by atoms with van der Waals surface area (Å²) in [6.45, 7) is 0. The van der Waals surface area contributed by atoms with Crippen LogP contribution in [0, 0.1) is 5.92 Å². The Morgan fingerprint density at radius 3 is 2.70 bits per heavy atom. The van der Waals surface area contributed by atoms with Crippen molar-refractivity contribution in [1.82, 2.24) is 0 Å². The molecule has 6 heteroatoms. The van der Waals surface area contributed by atoms with Crippen molar-refractivity contribution in [1.29, 1.82) is 0 Å². The number of rotatable bonds is 5. The van der Waals surface area contributed by atoms with Gasteiger partial charge in [0.25, 0.3) is 0 Å². The lowest BCUT2D eigenvalue weighted by molar-refractivity contribution is -0.137. The molecular formula is C21H26F3NOS. The second-order valence-corrected chi connectivity index (χ2v) is 8.75. The fourth-order valence-corrected chi connectivity index (χ4v) is 5.17. The normalized spacial score (nSPS) is 23.4. The van der Waals surface area contributed by atoms with Gasteiger partial charge in [0.15, 0.2) is 0 Å².